The van der Waals surface area contributed by atoms with Crippen LogP contribution in [0.5, 0.6) is 17.2 Å². The molecule has 12 nitrogen and oxygen atoms in total. The number of carbonyl (C=O) groups is 3. The summed E-state index contributed by atoms with van der Waals surface area (Å²) >= 11 is 0. The number of hydrogen-bond donors (Lipinski definition) is 2. The zero-order chi connectivity index (χ0) is 31.9. The van der Waals surface area contributed by atoms with E-state index in [0.717, 1.165) is 11.3 Å². The molecule has 4 bridgehead atoms. The number of amides is 3. The Morgan fingerprint density at radius 2 is 1.87 bits per heavy atom. The van der Waals surface area contributed by atoms with Crippen molar-refractivity contribution in [2.45, 2.75) is 46.3 Å². The van der Waals surface area contributed by atoms with E-state index >= 15 is 0 Å². The number of para-hydroxylation sites is 1. The molecule has 0 saturated carbocycles. The summed E-state index contributed by atoms with van der Waals surface area (Å²) in [6, 6.07) is 12.4. The number of aryl methyl sites for hydroxylation is 1. The zero-order valence-corrected chi connectivity index (χ0v) is 26.3. The first kappa shape index (κ1) is 31.8. The lowest BCUT2D eigenvalue weighted by atomic mass is 10.0. The molecule has 2 aliphatic rings. The summed E-state index contributed by atoms with van der Waals surface area (Å²) in [6.45, 7) is 7.67. The number of fused-ring (bicyclic) bond motifs is 6. The van der Waals surface area contributed by atoms with Gasteiger partial charge < -0.3 is 34.2 Å². The SMILES string of the molecule is COc1ccc2cc1OCCCN(C(=O)CN1CCOc3ccccc3C1)CC(=O)N[C@@H](C(C)C)C(=O)NCc1nc-2oc1C. The van der Waals surface area contributed by atoms with E-state index < -0.39 is 11.9 Å². The van der Waals surface area contributed by atoms with E-state index in [9.17, 15) is 14.4 Å². The second kappa shape index (κ2) is 14.5. The van der Waals surface area contributed by atoms with Crippen molar-refractivity contribution >= 4 is 17.7 Å². The van der Waals surface area contributed by atoms with Crippen LogP contribution in [0.4, 0.5) is 0 Å². The molecule has 0 aliphatic carbocycles. The molecular formula is C33H41N5O7. The van der Waals surface area contributed by atoms with Gasteiger partial charge in [0.15, 0.2) is 11.5 Å². The van der Waals surface area contributed by atoms with Crippen molar-refractivity contribution in [3.63, 3.8) is 0 Å². The van der Waals surface area contributed by atoms with Crippen LogP contribution in [0.1, 0.15) is 37.3 Å². The minimum absolute atomic E-state index is 0.117. The molecule has 2 aliphatic heterocycles. The highest BCUT2D eigenvalue weighted by Gasteiger charge is 2.28. The number of ether oxygens (including phenoxy) is 3. The molecule has 0 radical (unpaired) electrons. The van der Waals surface area contributed by atoms with E-state index in [1.54, 1.807) is 26.2 Å². The highest BCUT2D eigenvalue weighted by Crippen LogP contribution is 2.33. The van der Waals surface area contributed by atoms with Crippen molar-refractivity contribution in [3.8, 4) is 28.7 Å². The molecule has 45 heavy (non-hydrogen) atoms. The largest absolute Gasteiger partial charge is 0.493 e. The lowest BCUT2D eigenvalue weighted by Gasteiger charge is -2.28. The van der Waals surface area contributed by atoms with Gasteiger partial charge in [0.05, 0.1) is 33.4 Å². The molecule has 2 N–H and O–H groups in total. The van der Waals surface area contributed by atoms with E-state index in [1.165, 1.54) is 4.90 Å². The van der Waals surface area contributed by atoms with Gasteiger partial charge in [-0.15, -0.1) is 0 Å². The molecule has 3 aromatic rings. The average molecular weight is 620 g/mol. The van der Waals surface area contributed by atoms with E-state index in [4.69, 9.17) is 18.6 Å². The van der Waals surface area contributed by atoms with Crippen molar-refractivity contribution in [2.75, 3.05) is 46.5 Å². The lowest BCUT2D eigenvalue weighted by Crippen LogP contribution is -2.53. The Bertz CT molecular complexity index is 1520. The topological polar surface area (TPSA) is 135 Å². The van der Waals surface area contributed by atoms with Crippen LogP contribution in [0.15, 0.2) is 46.9 Å². The van der Waals surface area contributed by atoms with Gasteiger partial charge in [-0.2, -0.15) is 0 Å². The van der Waals surface area contributed by atoms with Gasteiger partial charge in [-0.25, -0.2) is 4.98 Å². The van der Waals surface area contributed by atoms with Gasteiger partial charge >= 0.3 is 0 Å². The maximum atomic E-state index is 13.7. The van der Waals surface area contributed by atoms with Crippen LogP contribution in [-0.2, 0) is 27.5 Å². The molecule has 1 atom stereocenters. The van der Waals surface area contributed by atoms with Crippen LogP contribution < -0.4 is 24.8 Å². The Morgan fingerprint density at radius 3 is 2.67 bits per heavy atom. The van der Waals surface area contributed by atoms with Gasteiger partial charge in [0.25, 0.3) is 0 Å². The maximum absolute atomic E-state index is 13.7. The fraction of sp³-hybridized carbons (Fsp3) is 0.455. The number of aromatic nitrogens is 1. The highest BCUT2D eigenvalue weighted by atomic mass is 16.5. The Labute approximate surface area is 263 Å². The monoisotopic (exact) mass is 619 g/mol. The third-order valence-electron chi connectivity index (χ3n) is 7.91. The Balaban J connectivity index is 1.37. The number of rotatable bonds is 4. The first-order valence-corrected chi connectivity index (χ1v) is 15.3. The van der Waals surface area contributed by atoms with Crippen molar-refractivity contribution in [1.82, 2.24) is 25.4 Å². The van der Waals surface area contributed by atoms with Crippen molar-refractivity contribution in [2.24, 2.45) is 5.92 Å². The quantitative estimate of drug-likeness (QED) is 0.452. The molecule has 3 heterocycles. The summed E-state index contributed by atoms with van der Waals surface area (Å²) in [5, 5.41) is 5.73. The molecule has 240 valence electrons. The van der Waals surface area contributed by atoms with Gasteiger partial charge in [-0.05, 0) is 43.5 Å². The minimum atomic E-state index is -0.799. The van der Waals surface area contributed by atoms with Crippen molar-refractivity contribution in [3.05, 3.63) is 59.5 Å². The van der Waals surface area contributed by atoms with E-state index in [-0.39, 0.29) is 50.5 Å². The molecular weight excluding hydrogens is 578 g/mol. The summed E-state index contributed by atoms with van der Waals surface area (Å²) in [5.74, 6) is 1.66. The minimum Gasteiger partial charge on any atom is -0.493 e. The molecule has 3 amide bonds. The van der Waals surface area contributed by atoms with E-state index in [0.29, 0.717) is 60.5 Å². The van der Waals surface area contributed by atoms with Crippen LogP contribution in [0, 0.1) is 12.8 Å². The van der Waals surface area contributed by atoms with Gasteiger partial charge in [0.2, 0.25) is 23.6 Å². The van der Waals surface area contributed by atoms with Crippen molar-refractivity contribution in [1.29, 1.82) is 0 Å². The molecule has 2 aromatic carbocycles. The number of oxazole rings is 1. The first-order chi connectivity index (χ1) is 21.7. The molecule has 0 spiro atoms. The summed E-state index contributed by atoms with van der Waals surface area (Å²) in [5.41, 5.74) is 2.27. The Kier molecular flexibility index (Phi) is 10.2. The predicted octanol–water partition coefficient (Wildman–Crippen LogP) is 2.92. The molecule has 5 rings (SSSR count). The third-order valence-corrected chi connectivity index (χ3v) is 7.91. The van der Waals surface area contributed by atoms with Gasteiger partial charge in [0, 0.05) is 30.8 Å². The predicted molar refractivity (Wildman–Crippen MR) is 166 cm³/mol. The standard InChI is InChI=1S/C33H41N5O7/c1-21(2)31-32(41)34-17-25-22(3)45-33(35-25)23-10-11-27(42-4)28(16-23)43-14-7-12-38(19-29(39)36-31)30(40)20-37-13-15-44-26-9-6-5-8-24(26)18-37/h5-6,8-11,16,21,31H,7,12-15,17-20H2,1-4H3,(H,34,41)(H,36,39)/t31-/m0/s1. The molecule has 1 aromatic heterocycles. The summed E-state index contributed by atoms with van der Waals surface area (Å²) < 4.78 is 23.4. The Hall–Kier alpha value is -4.58. The van der Waals surface area contributed by atoms with Gasteiger partial charge in [-0.1, -0.05) is 32.0 Å². The van der Waals surface area contributed by atoms with Gasteiger partial charge in [-0.3, -0.25) is 19.3 Å². The number of methoxy groups -OCH3 is 1. The maximum Gasteiger partial charge on any atom is 0.243 e. The van der Waals surface area contributed by atoms with E-state index in [2.05, 4.69) is 15.6 Å². The highest BCUT2D eigenvalue weighted by molar-refractivity contribution is 5.90. The second-order valence-electron chi connectivity index (χ2n) is 11.6. The van der Waals surface area contributed by atoms with Crippen molar-refractivity contribution < 1.29 is 33.0 Å². The summed E-state index contributed by atoms with van der Waals surface area (Å²) in [6.07, 6.45) is 0.453. The second-order valence-corrected chi connectivity index (χ2v) is 11.6. The normalized spacial score (nSPS) is 18.3. The fourth-order valence-corrected chi connectivity index (χ4v) is 5.38. The fourth-order valence-electron chi connectivity index (χ4n) is 5.38. The van der Waals surface area contributed by atoms with Crippen LogP contribution in [0.25, 0.3) is 11.5 Å². The molecule has 0 unspecified atom stereocenters. The number of nitrogens with zero attached hydrogens (tertiary/aromatic N) is 3. The average Bonchev–Trinajstić information content (AvgIpc) is 3.27. The number of carbonyl (C=O) groups excluding carboxylic acids is 3. The smallest absolute Gasteiger partial charge is 0.243 e. The van der Waals surface area contributed by atoms with Crippen LogP contribution in [-0.4, -0.2) is 85.0 Å². The summed E-state index contributed by atoms with van der Waals surface area (Å²) in [7, 11) is 1.56. The number of hydrogen-bond acceptors (Lipinski definition) is 9. The molecule has 0 saturated heterocycles. The molecule has 12 heteroatoms. The summed E-state index contributed by atoms with van der Waals surface area (Å²) in [4.78, 5) is 48.4. The number of benzene rings is 2. The van der Waals surface area contributed by atoms with Gasteiger partial charge in [0.1, 0.15) is 29.9 Å². The van der Waals surface area contributed by atoms with Crippen LogP contribution in [0.2, 0.25) is 0 Å². The number of nitrogens with one attached hydrogen (secondary N) is 2. The van der Waals surface area contributed by atoms with E-state index in [1.807, 2.05) is 49.1 Å². The lowest BCUT2D eigenvalue weighted by molar-refractivity contribution is -0.138. The zero-order valence-electron chi connectivity index (χ0n) is 26.3. The molecule has 0 fully saturated rings. The third kappa shape index (κ3) is 7.93. The van der Waals surface area contributed by atoms with Crippen LogP contribution in [0.3, 0.4) is 0 Å². The first-order valence-electron chi connectivity index (χ1n) is 15.3. The Morgan fingerprint density at radius 1 is 1.07 bits per heavy atom. The van der Waals surface area contributed by atoms with Crippen LogP contribution >= 0.6 is 0 Å².